The molecule has 0 spiro atoms. The Labute approximate surface area is 175 Å². The number of anilines is 1. The number of piperidine rings is 1. The van der Waals surface area contributed by atoms with Crippen LogP contribution in [0.3, 0.4) is 0 Å². The predicted molar refractivity (Wildman–Crippen MR) is 110 cm³/mol. The van der Waals surface area contributed by atoms with Crippen LogP contribution in [0.15, 0.2) is 23.0 Å². The van der Waals surface area contributed by atoms with Crippen LogP contribution in [0.25, 0.3) is 0 Å². The molecule has 0 saturated carbocycles. The summed E-state index contributed by atoms with van der Waals surface area (Å²) >= 11 is 0. The van der Waals surface area contributed by atoms with Gasteiger partial charge in [0.25, 0.3) is 5.91 Å². The van der Waals surface area contributed by atoms with Gasteiger partial charge in [-0.3, -0.25) is 9.59 Å². The number of aryl methyl sites for hydroxylation is 1. The summed E-state index contributed by atoms with van der Waals surface area (Å²) in [7, 11) is 0. The minimum Gasteiger partial charge on any atom is -0.357 e. The molecule has 0 unspecified atom stereocenters. The number of likely N-dealkylation sites (tertiary alicyclic amines) is 1. The van der Waals surface area contributed by atoms with Crippen LogP contribution < -0.4 is 10.2 Å². The van der Waals surface area contributed by atoms with Gasteiger partial charge in [0.15, 0.2) is 0 Å². The molecule has 2 saturated heterocycles. The molecule has 2 aromatic heterocycles. The number of carbonyl (C=O) groups is 2. The molecule has 1 atom stereocenters. The van der Waals surface area contributed by atoms with Crippen molar-refractivity contribution in [1.82, 2.24) is 25.5 Å². The minimum atomic E-state index is -0.649. The molecule has 9 nitrogen and oxygen atoms in total. The molecule has 160 valence electrons. The highest BCUT2D eigenvalue weighted by molar-refractivity contribution is 5.95. The molecular formula is C21H28N6O3. The summed E-state index contributed by atoms with van der Waals surface area (Å²) in [4.78, 5) is 34.5. The second-order valence-corrected chi connectivity index (χ2v) is 8.47. The maximum absolute atomic E-state index is 13.2. The average Bonchev–Trinajstić information content (AvgIpc) is 3.43. The van der Waals surface area contributed by atoms with Crippen molar-refractivity contribution in [2.24, 2.45) is 5.41 Å². The standard InChI is InChI=1S/C21H28N6O3/c1-15-17(25-30-24-15)13-23-20(29)21(2)7-5-11-27(14-21)19(28)16-6-8-22-18(12-16)26-9-3-4-10-26/h6,8,12H,3-5,7,9-11,13-14H2,1-2H3,(H,23,29)/t21-/m1/s1. The van der Waals surface area contributed by atoms with Gasteiger partial charge in [0.1, 0.15) is 17.2 Å². The monoisotopic (exact) mass is 412 g/mol. The van der Waals surface area contributed by atoms with Crippen LogP contribution in [0.2, 0.25) is 0 Å². The van der Waals surface area contributed by atoms with E-state index in [1.165, 1.54) is 0 Å². The van der Waals surface area contributed by atoms with E-state index >= 15 is 0 Å². The van der Waals surface area contributed by atoms with E-state index in [0.29, 0.717) is 30.0 Å². The Bertz CT molecular complexity index is 923. The lowest BCUT2D eigenvalue weighted by Gasteiger charge is -2.39. The number of hydrogen-bond donors (Lipinski definition) is 1. The summed E-state index contributed by atoms with van der Waals surface area (Å²) in [5.74, 6) is 0.718. The zero-order valence-corrected chi connectivity index (χ0v) is 17.6. The average molecular weight is 412 g/mol. The van der Waals surface area contributed by atoms with Gasteiger partial charge in [-0.25, -0.2) is 9.61 Å². The molecule has 0 bridgehead atoms. The van der Waals surface area contributed by atoms with Crippen molar-refractivity contribution >= 4 is 17.6 Å². The van der Waals surface area contributed by atoms with Gasteiger partial charge in [0.05, 0.1) is 12.0 Å². The SMILES string of the molecule is Cc1nonc1CNC(=O)[C@]1(C)CCCN(C(=O)c2ccnc(N3CCCC3)c2)C1. The zero-order chi connectivity index (χ0) is 21.1. The molecule has 2 amide bonds. The van der Waals surface area contributed by atoms with Gasteiger partial charge >= 0.3 is 0 Å². The first-order valence-electron chi connectivity index (χ1n) is 10.5. The number of nitrogens with one attached hydrogen (secondary N) is 1. The van der Waals surface area contributed by atoms with Crippen LogP contribution in [0.5, 0.6) is 0 Å². The number of aromatic nitrogens is 3. The Morgan fingerprint density at radius 2 is 2.00 bits per heavy atom. The summed E-state index contributed by atoms with van der Waals surface area (Å²) in [5.41, 5.74) is 1.25. The quantitative estimate of drug-likeness (QED) is 0.800. The highest BCUT2D eigenvalue weighted by Crippen LogP contribution is 2.31. The first kappa shape index (κ1) is 20.3. The fourth-order valence-electron chi connectivity index (χ4n) is 4.24. The molecule has 2 aliphatic heterocycles. The van der Waals surface area contributed by atoms with Gasteiger partial charge in [-0.1, -0.05) is 10.3 Å². The molecule has 1 N–H and O–H groups in total. The van der Waals surface area contributed by atoms with Crippen molar-refractivity contribution in [1.29, 1.82) is 0 Å². The van der Waals surface area contributed by atoms with Crippen molar-refractivity contribution in [2.45, 2.75) is 46.1 Å². The molecule has 4 rings (SSSR count). The van der Waals surface area contributed by atoms with E-state index in [4.69, 9.17) is 0 Å². The first-order valence-corrected chi connectivity index (χ1v) is 10.5. The number of hydrogen-bond acceptors (Lipinski definition) is 7. The topological polar surface area (TPSA) is 104 Å². The molecule has 0 aliphatic carbocycles. The van der Waals surface area contributed by atoms with Crippen molar-refractivity contribution in [3.05, 3.63) is 35.3 Å². The van der Waals surface area contributed by atoms with Crippen molar-refractivity contribution in [2.75, 3.05) is 31.1 Å². The van der Waals surface area contributed by atoms with Crippen LogP contribution in [-0.4, -0.2) is 58.2 Å². The van der Waals surface area contributed by atoms with E-state index in [0.717, 1.165) is 44.6 Å². The van der Waals surface area contributed by atoms with Gasteiger partial charge in [0, 0.05) is 37.9 Å². The molecule has 4 heterocycles. The number of carbonyl (C=O) groups excluding carboxylic acids is 2. The fraction of sp³-hybridized carbons (Fsp3) is 0.571. The van der Waals surface area contributed by atoms with Crippen molar-refractivity contribution < 1.29 is 14.2 Å². The third kappa shape index (κ3) is 4.15. The number of pyridine rings is 1. The largest absolute Gasteiger partial charge is 0.357 e. The van der Waals surface area contributed by atoms with E-state index in [-0.39, 0.29) is 18.4 Å². The highest BCUT2D eigenvalue weighted by atomic mass is 16.6. The van der Waals surface area contributed by atoms with E-state index < -0.39 is 5.41 Å². The Kier molecular flexibility index (Phi) is 5.69. The number of amides is 2. The molecule has 0 radical (unpaired) electrons. The van der Waals surface area contributed by atoms with Crippen LogP contribution in [-0.2, 0) is 11.3 Å². The second kappa shape index (κ2) is 8.41. The summed E-state index contributed by atoms with van der Waals surface area (Å²) in [6, 6.07) is 3.63. The third-order valence-corrected chi connectivity index (χ3v) is 6.12. The maximum atomic E-state index is 13.2. The molecular weight excluding hydrogens is 384 g/mol. The number of nitrogens with zero attached hydrogens (tertiary/aromatic N) is 5. The summed E-state index contributed by atoms with van der Waals surface area (Å²) < 4.78 is 4.68. The summed E-state index contributed by atoms with van der Waals surface area (Å²) in [6.07, 6.45) is 5.52. The number of rotatable bonds is 5. The predicted octanol–water partition coefficient (Wildman–Crippen LogP) is 1.93. The Balaban J connectivity index is 1.42. The molecule has 2 fully saturated rings. The van der Waals surface area contributed by atoms with E-state index in [1.807, 2.05) is 13.0 Å². The lowest BCUT2D eigenvalue weighted by Crippen LogP contribution is -2.51. The Hall–Kier alpha value is -2.97. The van der Waals surface area contributed by atoms with E-state index in [1.54, 1.807) is 24.1 Å². The van der Waals surface area contributed by atoms with Gasteiger partial charge in [-0.2, -0.15) is 0 Å². The smallest absolute Gasteiger partial charge is 0.254 e. The summed E-state index contributed by atoms with van der Waals surface area (Å²) in [6.45, 7) is 6.95. The maximum Gasteiger partial charge on any atom is 0.254 e. The molecule has 30 heavy (non-hydrogen) atoms. The second-order valence-electron chi connectivity index (χ2n) is 8.47. The van der Waals surface area contributed by atoms with E-state index in [2.05, 4.69) is 30.1 Å². The van der Waals surface area contributed by atoms with Crippen molar-refractivity contribution in [3.63, 3.8) is 0 Å². The highest BCUT2D eigenvalue weighted by Gasteiger charge is 2.39. The lowest BCUT2D eigenvalue weighted by molar-refractivity contribution is -0.132. The van der Waals surface area contributed by atoms with Gasteiger partial charge in [-0.05, 0) is 51.7 Å². The van der Waals surface area contributed by atoms with E-state index in [9.17, 15) is 9.59 Å². The van der Waals surface area contributed by atoms with Gasteiger partial charge in [-0.15, -0.1) is 0 Å². The summed E-state index contributed by atoms with van der Waals surface area (Å²) in [5, 5.41) is 10.5. The molecule has 0 aromatic carbocycles. The molecule has 2 aromatic rings. The Morgan fingerprint density at radius 3 is 2.73 bits per heavy atom. The zero-order valence-electron chi connectivity index (χ0n) is 17.6. The fourth-order valence-corrected chi connectivity index (χ4v) is 4.24. The van der Waals surface area contributed by atoms with Crippen LogP contribution in [0.1, 0.15) is 54.4 Å². The third-order valence-electron chi connectivity index (χ3n) is 6.12. The molecule has 2 aliphatic rings. The van der Waals surface area contributed by atoms with Crippen LogP contribution >= 0.6 is 0 Å². The normalized spacial score (nSPS) is 21.7. The van der Waals surface area contributed by atoms with Gasteiger partial charge in [0.2, 0.25) is 5.91 Å². The van der Waals surface area contributed by atoms with Crippen molar-refractivity contribution in [3.8, 4) is 0 Å². The first-order chi connectivity index (χ1) is 14.5. The van der Waals surface area contributed by atoms with Crippen LogP contribution in [0.4, 0.5) is 5.82 Å². The van der Waals surface area contributed by atoms with Gasteiger partial charge < -0.3 is 15.1 Å². The Morgan fingerprint density at radius 1 is 1.20 bits per heavy atom. The lowest BCUT2D eigenvalue weighted by atomic mass is 9.80. The molecule has 9 heteroatoms. The minimum absolute atomic E-state index is 0.0480. The van der Waals surface area contributed by atoms with Crippen LogP contribution in [0, 0.1) is 12.3 Å².